The Labute approximate surface area is 109 Å². The van der Waals surface area contributed by atoms with Crippen LogP contribution >= 0.6 is 0 Å². The van der Waals surface area contributed by atoms with Gasteiger partial charge in [0.05, 0.1) is 19.3 Å². The highest BCUT2D eigenvalue weighted by Crippen LogP contribution is 1.97. The van der Waals surface area contributed by atoms with Crippen LogP contribution in [-0.2, 0) is 9.53 Å². The predicted octanol–water partition coefficient (Wildman–Crippen LogP) is -1.66. The molecule has 0 aromatic carbocycles. The Morgan fingerprint density at radius 2 is 2.17 bits per heavy atom. The maximum atomic E-state index is 11.9. The summed E-state index contributed by atoms with van der Waals surface area (Å²) < 4.78 is 5.29. The van der Waals surface area contributed by atoms with Gasteiger partial charge in [0.2, 0.25) is 5.91 Å². The van der Waals surface area contributed by atoms with E-state index in [1.54, 1.807) is 0 Å². The number of amides is 1. The summed E-state index contributed by atoms with van der Waals surface area (Å²) in [6.07, 6.45) is 0. The highest BCUT2D eigenvalue weighted by Gasteiger charge is 2.23. The Morgan fingerprint density at radius 1 is 1.39 bits per heavy atom. The zero-order valence-corrected chi connectivity index (χ0v) is 11.2. The summed E-state index contributed by atoms with van der Waals surface area (Å²) in [7, 11) is 2.05. The first-order chi connectivity index (χ1) is 8.75. The first-order valence-electron chi connectivity index (χ1n) is 6.75. The van der Waals surface area contributed by atoms with Gasteiger partial charge in [-0.1, -0.05) is 0 Å². The van der Waals surface area contributed by atoms with Gasteiger partial charge in [0, 0.05) is 45.8 Å². The van der Waals surface area contributed by atoms with Crippen LogP contribution in [0.25, 0.3) is 0 Å². The molecule has 0 spiro atoms. The number of nitrogens with one attached hydrogen (secondary N) is 2. The van der Waals surface area contributed by atoms with Gasteiger partial charge in [-0.3, -0.25) is 9.69 Å². The lowest BCUT2D eigenvalue weighted by molar-refractivity contribution is -0.124. The van der Waals surface area contributed by atoms with Crippen molar-refractivity contribution in [1.29, 1.82) is 0 Å². The normalized spacial score (nSPS) is 27.1. The first-order valence-corrected chi connectivity index (χ1v) is 6.75. The molecule has 6 heteroatoms. The molecule has 0 saturated carbocycles. The van der Waals surface area contributed by atoms with Crippen molar-refractivity contribution in [3.05, 3.63) is 0 Å². The van der Waals surface area contributed by atoms with Crippen molar-refractivity contribution in [2.45, 2.75) is 6.04 Å². The van der Waals surface area contributed by atoms with E-state index in [9.17, 15) is 4.79 Å². The van der Waals surface area contributed by atoms with E-state index in [0.717, 1.165) is 59.0 Å². The summed E-state index contributed by atoms with van der Waals surface area (Å²) in [5, 5.41) is 6.26. The number of hydrogen-bond acceptors (Lipinski definition) is 5. The summed E-state index contributed by atoms with van der Waals surface area (Å²) in [4.78, 5) is 16.4. The van der Waals surface area contributed by atoms with Gasteiger partial charge in [0.1, 0.15) is 0 Å². The maximum absolute atomic E-state index is 11.9. The Kier molecular flexibility index (Phi) is 5.37. The Morgan fingerprint density at radius 3 is 2.89 bits per heavy atom. The van der Waals surface area contributed by atoms with Crippen molar-refractivity contribution in [3.63, 3.8) is 0 Å². The topological polar surface area (TPSA) is 56.8 Å². The van der Waals surface area contributed by atoms with Crippen LogP contribution < -0.4 is 10.6 Å². The molecule has 1 amide bonds. The molecule has 2 aliphatic heterocycles. The minimum absolute atomic E-state index is 0.0616. The summed E-state index contributed by atoms with van der Waals surface area (Å²) >= 11 is 0. The molecule has 104 valence electrons. The van der Waals surface area contributed by atoms with E-state index < -0.39 is 0 Å². The average molecular weight is 256 g/mol. The SMILES string of the molecule is CN1CCNC(C(=O)NCCN2CCOCC2)C1. The van der Waals surface area contributed by atoms with Gasteiger partial charge in [0.15, 0.2) is 0 Å². The zero-order valence-electron chi connectivity index (χ0n) is 11.2. The number of carbonyl (C=O) groups excluding carboxylic acids is 1. The van der Waals surface area contributed by atoms with Crippen LogP contribution in [0.2, 0.25) is 0 Å². The van der Waals surface area contributed by atoms with Crippen LogP contribution in [0.3, 0.4) is 0 Å². The fourth-order valence-electron chi connectivity index (χ4n) is 2.36. The van der Waals surface area contributed by atoms with Gasteiger partial charge in [-0.15, -0.1) is 0 Å². The third-order valence-corrected chi connectivity index (χ3v) is 3.53. The van der Waals surface area contributed by atoms with Crippen molar-refractivity contribution in [1.82, 2.24) is 20.4 Å². The van der Waals surface area contributed by atoms with E-state index in [4.69, 9.17) is 4.74 Å². The lowest BCUT2D eigenvalue weighted by Gasteiger charge is -2.30. The molecule has 0 aliphatic carbocycles. The minimum atomic E-state index is -0.0616. The van der Waals surface area contributed by atoms with Gasteiger partial charge in [-0.05, 0) is 7.05 Å². The number of nitrogens with zero attached hydrogens (tertiary/aromatic N) is 2. The van der Waals surface area contributed by atoms with Crippen LogP contribution in [0, 0.1) is 0 Å². The number of hydrogen-bond donors (Lipinski definition) is 2. The lowest BCUT2D eigenvalue weighted by atomic mass is 10.2. The van der Waals surface area contributed by atoms with Crippen molar-refractivity contribution in [2.75, 3.05) is 66.1 Å². The molecule has 0 radical (unpaired) electrons. The van der Waals surface area contributed by atoms with Crippen LogP contribution in [0.5, 0.6) is 0 Å². The van der Waals surface area contributed by atoms with Crippen molar-refractivity contribution in [2.24, 2.45) is 0 Å². The standard InChI is InChI=1S/C12H24N4O2/c1-15-4-2-13-11(10-15)12(17)14-3-5-16-6-8-18-9-7-16/h11,13H,2-10H2,1H3,(H,14,17). The Bertz CT molecular complexity index is 269. The monoisotopic (exact) mass is 256 g/mol. The number of piperazine rings is 1. The van der Waals surface area contributed by atoms with Gasteiger partial charge >= 0.3 is 0 Å². The van der Waals surface area contributed by atoms with Crippen molar-refractivity contribution in [3.8, 4) is 0 Å². The molecule has 0 aromatic heterocycles. The second kappa shape index (κ2) is 7.04. The van der Waals surface area contributed by atoms with Crippen LogP contribution in [0.4, 0.5) is 0 Å². The molecular formula is C12H24N4O2. The first kappa shape index (κ1) is 13.7. The van der Waals surface area contributed by atoms with E-state index in [-0.39, 0.29) is 11.9 Å². The second-order valence-electron chi connectivity index (χ2n) is 5.01. The molecule has 1 unspecified atom stereocenters. The second-order valence-corrected chi connectivity index (χ2v) is 5.01. The molecule has 1 atom stereocenters. The fraction of sp³-hybridized carbons (Fsp3) is 0.917. The molecule has 2 N–H and O–H groups in total. The Hall–Kier alpha value is -0.690. The van der Waals surface area contributed by atoms with Crippen LogP contribution in [-0.4, -0.2) is 87.8 Å². The highest BCUT2D eigenvalue weighted by atomic mass is 16.5. The Balaban J connectivity index is 1.61. The van der Waals surface area contributed by atoms with E-state index >= 15 is 0 Å². The molecule has 0 aromatic rings. The quantitative estimate of drug-likeness (QED) is 0.630. The van der Waals surface area contributed by atoms with Gasteiger partial charge in [-0.2, -0.15) is 0 Å². The molecule has 6 nitrogen and oxygen atoms in total. The van der Waals surface area contributed by atoms with Gasteiger partial charge in [0.25, 0.3) is 0 Å². The molecule has 2 aliphatic rings. The third-order valence-electron chi connectivity index (χ3n) is 3.53. The average Bonchev–Trinajstić information content (AvgIpc) is 2.40. The van der Waals surface area contributed by atoms with Gasteiger partial charge < -0.3 is 20.3 Å². The highest BCUT2D eigenvalue weighted by molar-refractivity contribution is 5.82. The molecule has 18 heavy (non-hydrogen) atoms. The summed E-state index contributed by atoms with van der Waals surface area (Å²) in [6.45, 7) is 7.89. The number of rotatable bonds is 4. The van der Waals surface area contributed by atoms with E-state index in [1.165, 1.54) is 0 Å². The maximum Gasteiger partial charge on any atom is 0.238 e. The van der Waals surface area contributed by atoms with E-state index in [0.29, 0.717) is 0 Å². The van der Waals surface area contributed by atoms with E-state index in [1.807, 2.05) is 0 Å². The molecular weight excluding hydrogens is 232 g/mol. The van der Waals surface area contributed by atoms with Gasteiger partial charge in [-0.25, -0.2) is 0 Å². The predicted molar refractivity (Wildman–Crippen MR) is 69.6 cm³/mol. The summed E-state index contributed by atoms with van der Waals surface area (Å²) in [5.41, 5.74) is 0. The number of carbonyl (C=O) groups is 1. The summed E-state index contributed by atoms with van der Waals surface area (Å²) in [5.74, 6) is 0.120. The number of likely N-dealkylation sites (N-methyl/N-ethyl adjacent to an activating group) is 1. The van der Waals surface area contributed by atoms with Crippen LogP contribution in [0.15, 0.2) is 0 Å². The lowest BCUT2D eigenvalue weighted by Crippen LogP contribution is -2.56. The smallest absolute Gasteiger partial charge is 0.238 e. The molecule has 2 fully saturated rings. The zero-order chi connectivity index (χ0) is 12.8. The largest absolute Gasteiger partial charge is 0.379 e. The molecule has 2 saturated heterocycles. The van der Waals surface area contributed by atoms with Crippen molar-refractivity contribution < 1.29 is 9.53 Å². The van der Waals surface area contributed by atoms with Crippen molar-refractivity contribution >= 4 is 5.91 Å². The van der Waals surface area contributed by atoms with E-state index in [2.05, 4.69) is 27.5 Å². The molecule has 2 rings (SSSR count). The fourth-order valence-corrected chi connectivity index (χ4v) is 2.36. The molecule has 0 bridgehead atoms. The number of ether oxygens (including phenoxy) is 1. The third kappa shape index (κ3) is 4.20. The molecule has 2 heterocycles. The minimum Gasteiger partial charge on any atom is -0.379 e. The van der Waals surface area contributed by atoms with Crippen LogP contribution in [0.1, 0.15) is 0 Å². The summed E-state index contributed by atoms with van der Waals surface area (Å²) in [6, 6.07) is -0.0616. The number of morpholine rings is 1.